The molecule has 0 saturated heterocycles. The Morgan fingerprint density at radius 3 is 2.47 bits per heavy atom. The summed E-state index contributed by atoms with van der Waals surface area (Å²) in [5, 5.41) is 11.1. The number of pyridine rings is 1. The largest absolute Gasteiger partial charge is 0.465 e. The number of halogens is 4. The second kappa shape index (κ2) is 9.11. The fourth-order valence-electron chi connectivity index (χ4n) is 4.09. The summed E-state index contributed by atoms with van der Waals surface area (Å²) in [6.45, 7) is 1.22. The first-order valence-electron chi connectivity index (χ1n) is 10.6. The second-order valence-corrected chi connectivity index (χ2v) is 8.66. The van der Waals surface area contributed by atoms with Crippen LogP contribution in [0.5, 0.6) is 0 Å². The van der Waals surface area contributed by atoms with E-state index in [0.29, 0.717) is 11.3 Å². The molecular weight excluding hydrogens is 501 g/mol. The van der Waals surface area contributed by atoms with Gasteiger partial charge in [0.15, 0.2) is 11.2 Å². The van der Waals surface area contributed by atoms with Crippen LogP contribution >= 0.6 is 11.6 Å². The lowest BCUT2D eigenvalue weighted by atomic mass is 9.77. The summed E-state index contributed by atoms with van der Waals surface area (Å²) in [6.07, 6.45) is -3.77. The number of alkyl halides is 3. The Hall–Kier alpha value is -3.63. The summed E-state index contributed by atoms with van der Waals surface area (Å²) >= 11 is 6.40. The lowest BCUT2D eigenvalue weighted by Crippen LogP contribution is -2.46. The quantitative estimate of drug-likeness (QED) is 0.364. The fourth-order valence-corrected chi connectivity index (χ4v) is 4.43. The zero-order valence-corrected chi connectivity index (χ0v) is 20.0. The number of methoxy groups -OCH3 is 1. The maximum Gasteiger partial charge on any atom is 0.422 e. The molecule has 2 aromatic heterocycles. The number of nitrogens with zero attached hydrogens (tertiary/aromatic N) is 2. The van der Waals surface area contributed by atoms with E-state index in [4.69, 9.17) is 16.0 Å². The molecule has 0 aliphatic carbocycles. The van der Waals surface area contributed by atoms with Gasteiger partial charge in [-0.05, 0) is 41.5 Å². The van der Waals surface area contributed by atoms with Crippen molar-refractivity contribution in [1.82, 2.24) is 9.55 Å². The molecule has 0 fully saturated rings. The number of rotatable bonds is 5. The average molecular weight is 521 g/mol. The van der Waals surface area contributed by atoms with E-state index >= 15 is 0 Å². The van der Waals surface area contributed by atoms with Crippen LogP contribution in [0.15, 0.2) is 63.9 Å². The van der Waals surface area contributed by atoms with Gasteiger partial charge in [0.25, 0.3) is 0 Å². The molecule has 11 heteroatoms. The first-order chi connectivity index (χ1) is 16.9. The van der Waals surface area contributed by atoms with Crippen molar-refractivity contribution in [1.29, 1.82) is 0 Å². The number of hydrogen-bond donors (Lipinski definition) is 1. The first-order valence-corrected chi connectivity index (χ1v) is 11.0. The Labute approximate surface area is 207 Å². The molecule has 36 heavy (non-hydrogen) atoms. The molecule has 0 unspecified atom stereocenters. The van der Waals surface area contributed by atoms with Gasteiger partial charge in [-0.2, -0.15) is 13.2 Å². The van der Waals surface area contributed by atoms with E-state index in [-0.39, 0.29) is 27.2 Å². The van der Waals surface area contributed by atoms with Gasteiger partial charge in [0.2, 0.25) is 0 Å². The van der Waals surface area contributed by atoms with Crippen molar-refractivity contribution in [3.63, 3.8) is 0 Å². The highest BCUT2D eigenvalue weighted by molar-refractivity contribution is 6.31. The van der Waals surface area contributed by atoms with E-state index in [9.17, 15) is 27.9 Å². The maximum atomic E-state index is 14.4. The monoisotopic (exact) mass is 520 g/mol. The normalized spacial score (nSPS) is 14.4. The van der Waals surface area contributed by atoms with E-state index in [0.717, 1.165) is 16.7 Å². The maximum absolute atomic E-state index is 14.4. The summed E-state index contributed by atoms with van der Waals surface area (Å²) in [5.74, 6) is -2.83. The average Bonchev–Trinajstić information content (AvgIpc) is 3.14. The lowest BCUT2D eigenvalue weighted by molar-refractivity contribution is -0.274. The minimum absolute atomic E-state index is 0.0155. The Balaban J connectivity index is 1.76. The number of oxazole rings is 1. The van der Waals surface area contributed by atoms with Crippen LogP contribution in [0.25, 0.3) is 22.4 Å². The Bertz CT molecular complexity index is 1510. The highest BCUT2D eigenvalue weighted by Crippen LogP contribution is 2.50. The number of aliphatic hydroxyl groups is 1. The number of carbonyl (C=O) groups is 1. The molecule has 7 nitrogen and oxygen atoms in total. The molecule has 2 heterocycles. The van der Waals surface area contributed by atoms with E-state index < -0.39 is 35.0 Å². The number of esters is 1. The van der Waals surface area contributed by atoms with E-state index in [2.05, 4.69) is 9.72 Å². The van der Waals surface area contributed by atoms with Gasteiger partial charge in [0.05, 0.1) is 23.9 Å². The minimum Gasteiger partial charge on any atom is -0.465 e. The smallest absolute Gasteiger partial charge is 0.422 e. The predicted molar refractivity (Wildman–Crippen MR) is 126 cm³/mol. The predicted octanol–water partition coefficient (Wildman–Crippen LogP) is 5.19. The molecule has 188 valence electrons. The van der Waals surface area contributed by atoms with Crippen molar-refractivity contribution < 1.29 is 32.2 Å². The fraction of sp³-hybridized carbons (Fsp3) is 0.240. The SMILES string of the molecule is COC(=O)c1ccc(-c2ccc([C@@H](C)[C@@](O)(c3ccc4oc(=O)n(C)c4c3)C(F)(F)F)c(Cl)c2)nc1. The van der Waals surface area contributed by atoms with Crippen LogP contribution in [-0.2, 0) is 17.4 Å². The number of aromatic nitrogens is 2. The second-order valence-electron chi connectivity index (χ2n) is 8.26. The van der Waals surface area contributed by atoms with Gasteiger partial charge in [0, 0.05) is 29.7 Å². The van der Waals surface area contributed by atoms with Gasteiger partial charge in [-0.15, -0.1) is 0 Å². The van der Waals surface area contributed by atoms with Crippen LogP contribution in [0.3, 0.4) is 0 Å². The molecule has 0 bridgehead atoms. The first kappa shape index (κ1) is 25.5. The minimum atomic E-state index is -5.09. The number of aryl methyl sites for hydroxylation is 1. The number of hydrogen-bond acceptors (Lipinski definition) is 6. The summed E-state index contributed by atoms with van der Waals surface area (Å²) in [5.41, 5.74) is -2.38. The molecular formula is C25H20ClF3N2O5. The number of benzene rings is 2. The lowest BCUT2D eigenvalue weighted by Gasteiger charge is -2.37. The highest BCUT2D eigenvalue weighted by atomic mass is 35.5. The molecule has 0 radical (unpaired) electrons. The molecule has 0 aliphatic heterocycles. The Morgan fingerprint density at radius 2 is 1.89 bits per heavy atom. The zero-order chi connectivity index (χ0) is 26.4. The molecule has 1 N–H and O–H groups in total. The third kappa shape index (κ3) is 4.16. The van der Waals surface area contributed by atoms with Crippen molar-refractivity contribution in [2.24, 2.45) is 7.05 Å². The van der Waals surface area contributed by atoms with Crippen molar-refractivity contribution >= 4 is 28.7 Å². The summed E-state index contributed by atoms with van der Waals surface area (Å²) in [6, 6.07) is 10.8. The van der Waals surface area contributed by atoms with Crippen molar-refractivity contribution in [2.75, 3.05) is 7.11 Å². The zero-order valence-electron chi connectivity index (χ0n) is 19.3. The standard InChI is InChI=1S/C25H20ClF3N2O5/c1-13(17-7-4-14(10-18(17)26)19-8-5-15(12-30-19)22(32)35-3)24(34,25(27,28)29)16-6-9-21-20(11-16)31(2)23(33)36-21/h4-13,34H,1-3H3/t13-,24-/m1/s1. The van der Waals surface area contributed by atoms with E-state index in [1.165, 1.54) is 57.6 Å². The number of fused-ring (bicyclic) bond motifs is 1. The molecule has 0 spiro atoms. The van der Waals surface area contributed by atoms with Gasteiger partial charge in [-0.3, -0.25) is 9.55 Å². The van der Waals surface area contributed by atoms with E-state index in [1.807, 2.05) is 0 Å². The van der Waals surface area contributed by atoms with Gasteiger partial charge < -0.3 is 14.3 Å². The van der Waals surface area contributed by atoms with Crippen LogP contribution in [0.1, 0.15) is 34.3 Å². The summed E-state index contributed by atoms with van der Waals surface area (Å²) in [7, 11) is 2.60. The third-order valence-corrected chi connectivity index (χ3v) is 6.56. The van der Waals surface area contributed by atoms with Crippen molar-refractivity contribution in [2.45, 2.75) is 24.6 Å². The van der Waals surface area contributed by atoms with Crippen LogP contribution in [0, 0.1) is 0 Å². The molecule has 4 rings (SSSR count). The molecule has 0 aliphatic rings. The van der Waals surface area contributed by atoms with Crippen molar-refractivity contribution in [3.05, 3.63) is 87.0 Å². The van der Waals surface area contributed by atoms with E-state index in [1.54, 1.807) is 6.07 Å². The topological polar surface area (TPSA) is 94.6 Å². The van der Waals surface area contributed by atoms with Crippen molar-refractivity contribution in [3.8, 4) is 11.3 Å². The molecule has 0 saturated carbocycles. The Kier molecular flexibility index (Phi) is 6.44. The molecule has 2 aromatic carbocycles. The van der Waals surface area contributed by atoms with Gasteiger partial charge in [-0.25, -0.2) is 9.59 Å². The number of carbonyl (C=O) groups excluding carboxylic acids is 1. The molecule has 4 aromatic rings. The molecule has 2 atom stereocenters. The highest BCUT2D eigenvalue weighted by Gasteiger charge is 2.59. The van der Waals surface area contributed by atoms with Gasteiger partial charge in [-0.1, -0.05) is 36.7 Å². The molecule has 0 amide bonds. The van der Waals surface area contributed by atoms with Crippen LogP contribution in [0.2, 0.25) is 5.02 Å². The number of ether oxygens (including phenoxy) is 1. The van der Waals surface area contributed by atoms with Gasteiger partial charge in [0.1, 0.15) is 0 Å². The third-order valence-electron chi connectivity index (χ3n) is 6.24. The van der Waals surface area contributed by atoms with Crippen LogP contribution in [-0.4, -0.2) is 33.9 Å². The summed E-state index contributed by atoms with van der Waals surface area (Å²) in [4.78, 5) is 27.6. The Morgan fingerprint density at radius 1 is 1.17 bits per heavy atom. The summed E-state index contributed by atoms with van der Waals surface area (Å²) < 4.78 is 53.9. The van der Waals surface area contributed by atoms with Gasteiger partial charge >= 0.3 is 17.9 Å². The van der Waals surface area contributed by atoms with Crippen LogP contribution < -0.4 is 5.76 Å². The van der Waals surface area contributed by atoms with Crippen LogP contribution in [0.4, 0.5) is 13.2 Å².